The molecule has 0 aliphatic carbocycles. The van der Waals surface area contributed by atoms with Crippen molar-refractivity contribution in [2.75, 3.05) is 13.1 Å². The number of amides is 1. The quantitative estimate of drug-likeness (QED) is 0.485. The third kappa shape index (κ3) is 3.66. The van der Waals surface area contributed by atoms with Gasteiger partial charge in [-0.2, -0.15) is 0 Å². The van der Waals surface area contributed by atoms with E-state index in [1.165, 1.54) is 40.6 Å². The summed E-state index contributed by atoms with van der Waals surface area (Å²) >= 11 is 0. The normalized spacial score (nSPS) is 17.8. The van der Waals surface area contributed by atoms with Gasteiger partial charge in [-0.3, -0.25) is 4.79 Å². The van der Waals surface area contributed by atoms with E-state index in [1.807, 2.05) is 24.2 Å². The van der Waals surface area contributed by atoms with E-state index in [9.17, 15) is 4.79 Å². The predicted octanol–water partition coefficient (Wildman–Crippen LogP) is 4.26. The van der Waals surface area contributed by atoms with Gasteiger partial charge >= 0.3 is 0 Å². The first-order valence-corrected chi connectivity index (χ1v) is 12.0. The highest BCUT2D eigenvalue weighted by atomic mass is 16.2. The largest absolute Gasteiger partial charge is 0.346 e. The smallest absolute Gasteiger partial charge is 0.272 e. The third-order valence-electron chi connectivity index (χ3n) is 7.19. The van der Waals surface area contributed by atoms with Crippen LogP contribution in [-0.4, -0.2) is 43.8 Å². The Morgan fingerprint density at radius 2 is 2.00 bits per heavy atom. The number of nitrogens with zero attached hydrogens (tertiary/aromatic N) is 4. The molecule has 1 amide bonds. The van der Waals surface area contributed by atoms with Crippen LogP contribution in [0.15, 0.2) is 43.0 Å². The first kappa shape index (κ1) is 21.0. The molecule has 1 atom stereocenters. The van der Waals surface area contributed by atoms with Crippen molar-refractivity contribution >= 4 is 16.9 Å². The molecule has 6 rings (SSSR count). The highest BCUT2D eigenvalue weighted by Gasteiger charge is 2.29. The fourth-order valence-electron chi connectivity index (χ4n) is 5.32. The van der Waals surface area contributed by atoms with Gasteiger partial charge in [0.25, 0.3) is 5.91 Å². The van der Waals surface area contributed by atoms with Gasteiger partial charge in [0.1, 0.15) is 17.7 Å². The fourth-order valence-corrected chi connectivity index (χ4v) is 5.32. The molecule has 1 aromatic carbocycles. The number of benzene rings is 1. The number of carbonyl (C=O) groups is 1. The van der Waals surface area contributed by atoms with E-state index in [2.05, 4.69) is 50.4 Å². The van der Waals surface area contributed by atoms with Gasteiger partial charge in [-0.1, -0.05) is 6.07 Å². The van der Waals surface area contributed by atoms with E-state index < -0.39 is 0 Å². The Morgan fingerprint density at radius 1 is 1.09 bits per heavy atom. The molecule has 0 spiro atoms. The molecular formula is C27H28N6O. The summed E-state index contributed by atoms with van der Waals surface area (Å²) in [6, 6.07) is 8.94. The van der Waals surface area contributed by atoms with Crippen LogP contribution in [0.2, 0.25) is 0 Å². The SMILES string of the molecule is Cc1cc(C(=O)N2CCc3cc(-c4cnc5[nH]cc(C)c5c4)cc(C4CCCN4)c3C2)ncn1. The minimum Gasteiger partial charge on any atom is -0.346 e. The molecule has 4 aromatic rings. The molecule has 2 aliphatic rings. The summed E-state index contributed by atoms with van der Waals surface area (Å²) in [6.45, 7) is 6.32. The Labute approximate surface area is 198 Å². The highest BCUT2D eigenvalue weighted by molar-refractivity contribution is 5.92. The average Bonchev–Trinajstić information content (AvgIpc) is 3.53. The maximum Gasteiger partial charge on any atom is 0.272 e. The van der Waals surface area contributed by atoms with Crippen molar-refractivity contribution in [3.63, 3.8) is 0 Å². The van der Waals surface area contributed by atoms with Crippen molar-refractivity contribution in [1.82, 2.24) is 30.2 Å². The summed E-state index contributed by atoms with van der Waals surface area (Å²) in [6.07, 6.45) is 8.55. The van der Waals surface area contributed by atoms with Gasteiger partial charge in [-0.15, -0.1) is 0 Å². The number of carbonyl (C=O) groups excluding carboxylic acids is 1. The fraction of sp³-hybridized carbons (Fsp3) is 0.333. The molecule has 0 saturated carbocycles. The Bertz CT molecular complexity index is 1400. The summed E-state index contributed by atoms with van der Waals surface area (Å²) in [5.41, 5.74) is 9.65. The topological polar surface area (TPSA) is 86.8 Å². The number of rotatable bonds is 3. The second kappa shape index (κ2) is 8.33. The van der Waals surface area contributed by atoms with Crippen LogP contribution in [0.4, 0.5) is 0 Å². The molecule has 0 radical (unpaired) electrons. The number of pyridine rings is 1. The Balaban J connectivity index is 1.40. The molecule has 34 heavy (non-hydrogen) atoms. The van der Waals surface area contributed by atoms with E-state index in [4.69, 9.17) is 0 Å². The van der Waals surface area contributed by atoms with Crippen LogP contribution in [0.25, 0.3) is 22.2 Å². The molecule has 2 N–H and O–H groups in total. The predicted molar refractivity (Wildman–Crippen MR) is 131 cm³/mol. The van der Waals surface area contributed by atoms with E-state index in [-0.39, 0.29) is 5.91 Å². The number of hydrogen-bond donors (Lipinski definition) is 2. The molecule has 1 fully saturated rings. The van der Waals surface area contributed by atoms with Crippen molar-refractivity contribution < 1.29 is 4.79 Å². The van der Waals surface area contributed by atoms with Gasteiger partial charge < -0.3 is 15.2 Å². The molecular weight excluding hydrogens is 424 g/mol. The molecule has 7 nitrogen and oxygen atoms in total. The van der Waals surface area contributed by atoms with Crippen molar-refractivity contribution in [2.24, 2.45) is 0 Å². The summed E-state index contributed by atoms with van der Waals surface area (Å²) in [5, 5.41) is 4.83. The zero-order chi connectivity index (χ0) is 23.2. The Kier molecular flexibility index (Phi) is 5.14. The third-order valence-corrected chi connectivity index (χ3v) is 7.19. The van der Waals surface area contributed by atoms with Gasteiger partial charge in [0.15, 0.2) is 0 Å². The first-order valence-electron chi connectivity index (χ1n) is 12.0. The van der Waals surface area contributed by atoms with Crippen LogP contribution in [0.3, 0.4) is 0 Å². The average molecular weight is 453 g/mol. The number of hydrogen-bond acceptors (Lipinski definition) is 5. The Hall–Kier alpha value is -3.58. The minimum atomic E-state index is -0.0249. The molecule has 0 bridgehead atoms. The Morgan fingerprint density at radius 3 is 2.82 bits per heavy atom. The molecule has 7 heteroatoms. The van der Waals surface area contributed by atoms with Crippen molar-refractivity contribution in [1.29, 1.82) is 0 Å². The van der Waals surface area contributed by atoms with E-state index >= 15 is 0 Å². The standard InChI is InChI=1S/C27H28N6O/c1-16-12-29-26-21(16)11-20(13-30-26)19-9-18-5-7-33(27(34)25-8-17(2)31-15-32-25)14-23(18)22(10-19)24-4-3-6-28-24/h8-13,15,24,28H,3-7,14H2,1-2H3,(H,29,30). The summed E-state index contributed by atoms with van der Waals surface area (Å²) in [5.74, 6) is -0.0249. The van der Waals surface area contributed by atoms with Crippen LogP contribution >= 0.6 is 0 Å². The van der Waals surface area contributed by atoms with Gasteiger partial charge in [0.05, 0.1) is 0 Å². The number of nitrogens with one attached hydrogen (secondary N) is 2. The summed E-state index contributed by atoms with van der Waals surface area (Å²) in [7, 11) is 0. The lowest BCUT2D eigenvalue weighted by Crippen LogP contribution is -2.37. The van der Waals surface area contributed by atoms with Crippen LogP contribution in [0.5, 0.6) is 0 Å². The van der Waals surface area contributed by atoms with E-state index in [1.54, 1.807) is 6.07 Å². The number of aryl methyl sites for hydroxylation is 2. The molecule has 5 heterocycles. The monoisotopic (exact) mass is 452 g/mol. The van der Waals surface area contributed by atoms with Crippen molar-refractivity contribution in [3.8, 4) is 11.1 Å². The summed E-state index contributed by atoms with van der Waals surface area (Å²) in [4.78, 5) is 31.4. The van der Waals surface area contributed by atoms with Gasteiger partial charge in [-0.25, -0.2) is 15.0 Å². The van der Waals surface area contributed by atoms with Crippen LogP contribution in [0.1, 0.15) is 57.3 Å². The lowest BCUT2D eigenvalue weighted by Gasteiger charge is -2.32. The lowest BCUT2D eigenvalue weighted by atomic mass is 9.87. The molecule has 3 aromatic heterocycles. The van der Waals surface area contributed by atoms with Gasteiger partial charge in [0, 0.05) is 48.2 Å². The lowest BCUT2D eigenvalue weighted by molar-refractivity contribution is 0.0727. The van der Waals surface area contributed by atoms with Crippen molar-refractivity contribution in [3.05, 3.63) is 76.6 Å². The summed E-state index contributed by atoms with van der Waals surface area (Å²) < 4.78 is 0. The number of H-pyrrole nitrogens is 1. The van der Waals surface area contributed by atoms with Gasteiger partial charge in [-0.05, 0) is 85.7 Å². The molecule has 172 valence electrons. The molecule has 1 unspecified atom stereocenters. The minimum absolute atomic E-state index is 0.0249. The number of aromatic nitrogens is 4. The maximum atomic E-state index is 13.2. The molecule has 1 saturated heterocycles. The second-order valence-corrected chi connectivity index (χ2v) is 9.47. The molecule has 2 aliphatic heterocycles. The van der Waals surface area contributed by atoms with Crippen LogP contribution in [-0.2, 0) is 13.0 Å². The van der Waals surface area contributed by atoms with Crippen LogP contribution in [0, 0.1) is 13.8 Å². The number of aromatic amines is 1. The maximum absolute atomic E-state index is 13.2. The zero-order valence-electron chi connectivity index (χ0n) is 19.6. The van der Waals surface area contributed by atoms with Crippen molar-refractivity contribution in [2.45, 2.75) is 45.7 Å². The van der Waals surface area contributed by atoms with Gasteiger partial charge in [0.2, 0.25) is 0 Å². The zero-order valence-corrected chi connectivity index (χ0v) is 19.6. The van der Waals surface area contributed by atoms with E-state index in [0.717, 1.165) is 41.7 Å². The first-order chi connectivity index (χ1) is 16.6. The second-order valence-electron chi connectivity index (χ2n) is 9.47. The highest BCUT2D eigenvalue weighted by Crippen LogP contribution is 2.36. The number of fused-ring (bicyclic) bond motifs is 2. The van der Waals surface area contributed by atoms with E-state index in [0.29, 0.717) is 24.8 Å². The van der Waals surface area contributed by atoms with Crippen LogP contribution < -0.4 is 5.32 Å².